The second-order valence-corrected chi connectivity index (χ2v) is 6.89. The van der Waals surface area contributed by atoms with Crippen LogP contribution < -0.4 is 5.32 Å². The molecule has 1 aliphatic rings. The van der Waals surface area contributed by atoms with Gasteiger partial charge >= 0.3 is 0 Å². The molecule has 1 aliphatic heterocycles. The molecule has 2 heterocycles. The van der Waals surface area contributed by atoms with Crippen LogP contribution in [0.5, 0.6) is 0 Å². The molecule has 1 aromatic heterocycles. The summed E-state index contributed by atoms with van der Waals surface area (Å²) in [4.78, 5) is 34.1. The first-order valence-electron chi connectivity index (χ1n) is 8.32. The summed E-state index contributed by atoms with van der Waals surface area (Å²) in [5.74, 6) is -0.0648. The van der Waals surface area contributed by atoms with Crippen molar-refractivity contribution >= 4 is 11.8 Å². The van der Waals surface area contributed by atoms with Gasteiger partial charge in [-0.2, -0.15) is 0 Å². The maximum atomic E-state index is 11.9. The SMILES string of the molecule is CC(=O)N1CCCC1c1cnc(CCC(=O)NC(C)(C)CO)cn1. The molecule has 1 saturated heterocycles. The maximum absolute atomic E-state index is 11.9. The molecule has 7 nitrogen and oxygen atoms in total. The fourth-order valence-corrected chi connectivity index (χ4v) is 2.84. The number of carbonyl (C=O) groups excluding carboxylic acids is 2. The Morgan fingerprint density at radius 2 is 2.12 bits per heavy atom. The van der Waals surface area contributed by atoms with Crippen molar-refractivity contribution in [1.29, 1.82) is 0 Å². The van der Waals surface area contributed by atoms with Crippen LogP contribution in [-0.4, -0.2) is 50.5 Å². The van der Waals surface area contributed by atoms with E-state index in [0.29, 0.717) is 12.8 Å². The molecule has 1 unspecified atom stereocenters. The molecule has 2 amide bonds. The second kappa shape index (κ2) is 7.70. The van der Waals surface area contributed by atoms with Gasteiger partial charge < -0.3 is 15.3 Å². The predicted molar refractivity (Wildman–Crippen MR) is 89.0 cm³/mol. The molecule has 0 radical (unpaired) electrons. The molecule has 0 aromatic carbocycles. The van der Waals surface area contributed by atoms with Crippen LogP contribution in [0.15, 0.2) is 12.4 Å². The Balaban J connectivity index is 1.91. The lowest BCUT2D eigenvalue weighted by atomic mass is 10.1. The lowest BCUT2D eigenvalue weighted by Crippen LogP contribution is -2.46. The number of likely N-dealkylation sites (tertiary alicyclic amines) is 1. The summed E-state index contributed by atoms with van der Waals surface area (Å²) in [5.41, 5.74) is 0.922. The molecule has 1 aromatic rings. The molecule has 2 rings (SSSR count). The van der Waals surface area contributed by atoms with E-state index < -0.39 is 5.54 Å². The lowest BCUT2D eigenvalue weighted by Gasteiger charge is -2.23. The average Bonchev–Trinajstić information content (AvgIpc) is 3.03. The summed E-state index contributed by atoms with van der Waals surface area (Å²) in [6, 6.07) is 0.0118. The monoisotopic (exact) mass is 334 g/mol. The molecule has 0 bridgehead atoms. The van der Waals surface area contributed by atoms with Gasteiger partial charge in [0.2, 0.25) is 11.8 Å². The molecule has 7 heteroatoms. The van der Waals surface area contributed by atoms with Crippen LogP contribution >= 0.6 is 0 Å². The molecular formula is C17H26N4O3. The van der Waals surface area contributed by atoms with E-state index in [2.05, 4.69) is 15.3 Å². The minimum absolute atomic E-state index is 0.0118. The third-order valence-electron chi connectivity index (χ3n) is 4.21. The smallest absolute Gasteiger partial charge is 0.220 e. The van der Waals surface area contributed by atoms with Crippen molar-refractivity contribution in [3.8, 4) is 0 Å². The molecule has 0 aliphatic carbocycles. The highest BCUT2D eigenvalue weighted by Crippen LogP contribution is 2.30. The van der Waals surface area contributed by atoms with Crippen molar-refractivity contribution in [2.75, 3.05) is 13.2 Å². The number of carbonyl (C=O) groups is 2. The molecule has 0 spiro atoms. The molecule has 2 N–H and O–H groups in total. The fraction of sp³-hybridized carbons (Fsp3) is 0.647. The molecule has 132 valence electrons. The van der Waals surface area contributed by atoms with E-state index in [1.54, 1.807) is 33.2 Å². The van der Waals surface area contributed by atoms with Gasteiger partial charge in [-0.3, -0.25) is 19.6 Å². The Kier molecular flexibility index (Phi) is 5.88. The number of aliphatic hydroxyl groups is 1. The summed E-state index contributed by atoms with van der Waals surface area (Å²) < 4.78 is 0. The number of aliphatic hydroxyl groups excluding tert-OH is 1. The molecular weight excluding hydrogens is 308 g/mol. The van der Waals surface area contributed by atoms with Crippen molar-refractivity contribution in [3.63, 3.8) is 0 Å². The van der Waals surface area contributed by atoms with Crippen LogP contribution in [0.2, 0.25) is 0 Å². The van der Waals surface area contributed by atoms with Gasteiger partial charge in [0.05, 0.1) is 35.8 Å². The van der Waals surface area contributed by atoms with Crippen LogP contribution in [0.25, 0.3) is 0 Å². The topological polar surface area (TPSA) is 95.4 Å². The number of hydrogen-bond donors (Lipinski definition) is 2. The number of nitrogens with one attached hydrogen (secondary N) is 1. The third-order valence-corrected chi connectivity index (χ3v) is 4.21. The van der Waals surface area contributed by atoms with Crippen molar-refractivity contribution in [3.05, 3.63) is 23.8 Å². The van der Waals surface area contributed by atoms with Crippen molar-refractivity contribution in [1.82, 2.24) is 20.2 Å². The number of amides is 2. The first-order chi connectivity index (χ1) is 11.3. The lowest BCUT2D eigenvalue weighted by molar-refractivity contribution is -0.129. The number of aromatic nitrogens is 2. The van der Waals surface area contributed by atoms with Crippen molar-refractivity contribution in [2.24, 2.45) is 0 Å². The number of nitrogens with zero attached hydrogens (tertiary/aromatic N) is 3. The highest BCUT2D eigenvalue weighted by atomic mass is 16.3. The maximum Gasteiger partial charge on any atom is 0.220 e. The Hall–Kier alpha value is -2.02. The van der Waals surface area contributed by atoms with Gasteiger partial charge in [0.25, 0.3) is 0 Å². The zero-order chi connectivity index (χ0) is 17.7. The van der Waals surface area contributed by atoms with Crippen LogP contribution in [0, 0.1) is 0 Å². The third kappa shape index (κ3) is 4.74. The number of rotatable bonds is 6. The molecule has 24 heavy (non-hydrogen) atoms. The minimum atomic E-state index is -0.620. The number of hydrogen-bond acceptors (Lipinski definition) is 5. The van der Waals surface area contributed by atoms with E-state index in [-0.39, 0.29) is 24.5 Å². The molecule has 0 saturated carbocycles. The molecule has 1 atom stereocenters. The van der Waals surface area contributed by atoms with Crippen molar-refractivity contribution in [2.45, 2.75) is 58.0 Å². The van der Waals surface area contributed by atoms with Crippen LogP contribution in [-0.2, 0) is 16.0 Å². The van der Waals surface area contributed by atoms with Gasteiger partial charge in [0.15, 0.2) is 0 Å². The van der Waals surface area contributed by atoms with Gasteiger partial charge in [-0.25, -0.2) is 0 Å². The zero-order valence-corrected chi connectivity index (χ0v) is 14.6. The van der Waals surface area contributed by atoms with E-state index in [1.165, 1.54) is 0 Å². The highest BCUT2D eigenvalue weighted by Gasteiger charge is 2.29. The van der Waals surface area contributed by atoms with Crippen LogP contribution in [0.3, 0.4) is 0 Å². The quantitative estimate of drug-likeness (QED) is 0.808. The van der Waals surface area contributed by atoms with Crippen LogP contribution in [0.4, 0.5) is 0 Å². The summed E-state index contributed by atoms with van der Waals surface area (Å²) in [6.07, 6.45) is 6.05. The van der Waals surface area contributed by atoms with Gasteiger partial charge in [0, 0.05) is 26.1 Å². The van der Waals surface area contributed by atoms with E-state index >= 15 is 0 Å². The highest BCUT2D eigenvalue weighted by molar-refractivity contribution is 5.77. The summed E-state index contributed by atoms with van der Waals surface area (Å²) >= 11 is 0. The Bertz CT molecular complexity index is 586. The minimum Gasteiger partial charge on any atom is -0.394 e. The van der Waals surface area contributed by atoms with E-state index in [9.17, 15) is 9.59 Å². The average molecular weight is 334 g/mol. The van der Waals surface area contributed by atoms with E-state index in [1.807, 2.05) is 4.90 Å². The van der Waals surface area contributed by atoms with E-state index in [0.717, 1.165) is 30.8 Å². The summed E-state index contributed by atoms with van der Waals surface area (Å²) in [5, 5.41) is 11.9. The Morgan fingerprint density at radius 3 is 2.71 bits per heavy atom. The van der Waals surface area contributed by atoms with Crippen molar-refractivity contribution < 1.29 is 14.7 Å². The standard InChI is InChI=1S/C17H26N4O3/c1-12(23)21-8-4-5-15(21)14-10-18-13(9-19-14)6-7-16(24)20-17(2,3)11-22/h9-10,15,22H,4-8,11H2,1-3H3,(H,20,24). The number of aryl methyl sites for hydroxylation is 1. The normalized spacial score (nSPS) is 17.8. The molecule has 1 fully saturated rings. The predicted octanol–water partition coefficient (Wildman–Crippen LogP) is 0.980. The summed E-state index contributed by atoms with van der Waals surface area (Å²) in [7, 11) is 0. The first-order valence-corrected chi connectivity index (χ1v) is 8.32. The first kappa shape index (κ1) is 18.3. The Labute approximate surface area is 142 Å². The van der Waals surface area contributed by atoms with Gasteiger partial charge in [0.1, 0.15) is 0 Å². The zero-order valence-electron chi connectivity index (χ0n) is 14.6. The van der Waals surface area contributed by atoms with Gasteiger partial charge in [-0.1, -0.05) is 0 Å². The van der Waals surface area contributed by atoms with Gasteiger partial charge in [-0.15, -0.1) is 0 Å². The van der Waals surface area contributed by atoms with E-state index in [4.69, 9.17) is 5.11 Å². The summed E-state index contributed by atoms with van der Waals surface area (Å²) in [6.45, 7) is 5.77. The van der Waals surface area contributed by atoms with Gasteiger partial charge in [-0.05, 0) is 33.1 Å². The van der Waals surface area contributed by atoms with Crippen LogP contribution in [0.1, 0.15) is 57.5 Å². The fourth-order valence-electron chi connectivity index (χ4n) is 2.84. The largest absolute Gasteiger partial charge is 0.394 e. The second-order valence-electron chi connectivity index (χ2n) is 6.89. The Morgan fingerprint density at radius 1 is 1.38 bits per heavy atom.